The van der Waals surface area contributed by atoms with Crippen LogP contribution in [-0.2, 0) is 4.79 Å². The van der Waals surface area contributed by atoms with Crippen LogP contribution < -0.4 is 0 Å². The van der Waals surface area contributed by atoms with Crippen LogP contribution in [0.3, 0.4) is 0 Å². The van der Waals surface area contributed by atoms with Crippen molar-refractivity contribution in [2.75, 3.05) is 0 Å². The van der Waals surface area contributed by atoms with Crippen LogP contribution in [0.25, 0.3) is 6.08 Å². The molecule has 1 aromatic rings. The standard InChI is InChI=1S/C13H14O/c14-13-8-4-7-12(13)10-9-11-5-2-1-3-6-11/h1-3,5-6,9-10,12H,4,7-8H2. The summed E-state index contributed by atoms with van der Waals surface area (Å²) in [7, 11) is 0. The zero-order valence-corrected chi connectivity index (χ0v) is 8.15. The maximum absolute atomic E-state index is 11.3. The topological polar surface area (TPSA) is 17.1 Å². The Balaban J connectivity index is 2.03. The molecule has 0 heterocycles. The van der Waals surface area contributed by atoms with Crippen molar-refractivity contribution in [2.24, 2.45) is 5.92 Å². The van der Waals surface area contributed by atoms with Crippen molar-refractivity contribution in [3.05, 3.63) is 42.0 Å². The van der Waals surface area contributed by atoms with Crippen molar-refractivity contribution in [1.29, 1.82) is 0 Å². The zero-order valence-electron chi connectivity index (χ0n) is 8.15. The van der Waals surface area contributed by atoms with Gasteiger partial charge in [0.15, 0.2) is 0 Å². The van der Waals surface area contributed by atoms with Gasteiger partial charge in [0.1, 0.15) is 5.78 Å². The van der Waals surface area contributed by atoms with Crippen LogP contribution >= 0.6 is 0 Å². The number of carbonyl (C=O) groups excluding carboxylic acids is 1. The molecule has 1 aliphatic rings. The zero-order chi connectivity index (χ0) is 9.80. The van der Waals surface area contributed by atoms with E-state index < -0.39 is 0 Å². The van der Waals surface area contributed by atoms with Crippen LogP contribution in [-0.4, -0.2) is 5.78 Å². The second-order valence-corrected chi connectivity index (χ2v) is 3.73. The summed E-state index contributed by atoms with van der Waals surface area (Å²) in [5.74, 6) is 0.576. The van der Waals surface area contributed by atoms with Crippen molar-refractivity contribution in [3.63, 3.8) is 0 Å². The maximum atomic E-state index is 11.3. The highest BCUT2D eigenvalue weighted by Gasteiger charge is 2.21. The molecule has 0 N–H and O–H groups in total. The summed E-state index contributed by atoms with van der Waals surface area (Å²) in [6.45, 7) is 0. The summed E-state index contributed by atoms with van der Waals surface area (Å²) in [5.41, 5.74) is 1.17. The molecule has 1 fully saturated rings. The Bertz CT molecular complexity index is 338. The number of Topliss-reactive ketones (excluding diaryl/α,β-unsaturated/α-hetero) is 1. The lowest BCUT2D eigenvalue weighted by Gasteiger charge is -1.98. The Kier molecular flexibility index (Phi) is 2.78. The molecule has 0 radical (unpaired) electrons. The van der Waals surface area contributed by atoms with Gasteiger partial charge in [0, 0.05) is 12.3 Å². The van der Waals surface area contributed by atoms with Crippen LogP contribution in [0.15, 0.2) is 36.4 Å². The van der Waals surface area contributed by atoms with E-state index in [1.54, 1.807) is 0 Å². The molecule has 1 atom stereocenters. The van der Waals surface area contributed by atoms with Gasteiger partial charge in [-0.15, -0.1) is 0 Å². The molecule has 1 aromatic carbocycles. The maximum Gasteiger partial charge on any atom is 0.139 e. The smallest absolute Gasteiger partial charge is 0.139 e. The highest BCUT2D eigenvalue weighted by Crippen LogP contribution is 2.23. The molecule has 0 aromatic heterocycles. The predicted octanol–water partition coefficient (Wildman–Crippen LogP) is 3.07. The van der Waals surface area contributed by atoms with Gasteiger partial charge in [-0.25, -0.2) is 0 Å². The molecule has 0 aliphatic heterocycles. The van der Waals surface area contributed by atoms with Gasteiger partial charge < -0.3 is 0 Å². The molecule has 1 saturated carbocycles. The minimum absolute atomic E-state index is 0.176. The van der Waals surface area contributed by atoms with Gasteiger partial charge in [0.05, 0.1) is 0 Å². The number of ketones is 1. The van der Waals surface area contributed by atoms with Gasteiger partial charge in [-0.2, -0.15) is 0 Å². The van der Waals surface area contributed by atoms with Crippen molar-refractivity contribution in [1.82, 2.24) is 0 Å². The summed E-state index contributed by atoms with van der Waals surface area (Å²) in [6, 6.07) is 10.1. The predicted molar refractivity (Wildman–Crippen MR) is 57.8 cm³/mol. The summed E-state index contributed by atoms with van der Waals surface area (Å²) in [4.78, 5) is 11.3. The van der Waals surface area contributed by atoms with Crippen LogP contribution in [0.1, 0.15) is 24.8 Å². The number of carbonyl (C=O) groups is 1. The molecule has 2 rings (SSSR count). The first kappa shape index (κ1) is 9.20. The number of hydrogen-bond donors (Lipinski definition) is 0. The van der Waals surface area contributed by atoms with Crippen LogP contribution in [0.4, 0.5) is 0 Å². The minimum atomic E-state index is 0.176. The summed E-state index contributed by atoms with van der Waals surface area (Å²) < 4.78 is 0. The SMILES string of the molecule is O=C1CCCC1C=Cc1ccccc1. The molecular weight excluding hydrogens is 172 g/mol. The molecule has 0 saturated heterocycles. The molecule has 0 amide bonds. The quantitative estimate of drug-likeness (QED) is 0.693. The molecule has 72 valence electrons. The summed E-state index contributed by atoms with van der Waals surface area (Å²) in [6.07, 6.45) is 6.95. The van der Waals surface area contributed by atoms with Crippen LogP contribution in [0, 0.1) is 5.92 Å². The van der Waals surface area contributed by atoms with E-state index in [1.807, 2.05) is 30.4 Å². The fourth-order valence-corrected chi connectivity index (χ4v) is 1.84. The monoisotopic (exact) mass is 186 g/mol. The highest BCUT2D eigenvalue weighted by molar-refractivity contribution is 5.85. The van der Waals surface area contributed by atoms with E-state index in [2.05, 4.69) is 12.1 Å². The van der Waals surface area contributed by atoms with Gasteiger partial charge in [-0.05, 0) is 18.4 Å². The van der Waals surface area contributed by atoms with Crippen LogP contribution in [0.5, 0.6) is 0 Å². The number of rotatable bonds is 2. The first-order valence-corrected chi connectivity index (χ1v) is 5.12. The van der Waals surface area contributed by atoms with E-state index in [4.69, 9.17) is 0 Å². The van der Waals surface area contributed by atoms with E-state index in [0.29, 0.717) is 5.78 Å². The van der Waals surface area contributed by atoms with E-state index in [1.165, 1.54) is 5.56 Å². The van der Waals surface area contributed by atoms with E-state index in [-0.39, 0.29) is 5.92 Å². The minimum Gasteiger partial charge on any atom is -0.299 e. The summed E-state index contributed by atoms with van der Waals surface area (Å²) >= 11 is 0. The Morgan fingerprint density at radius 1 is 1.21 bits per heavy atom. The first-order chi connectivity index (χ1) is 6.86. The third kappa shape index (κ3) is 2.11. The molecule has 0 bridgehead atoms. The third-order valence-electron chi connectivity index (χ3n) is 2.67. The Morgan fingerprint density at radius 2 is 2.00 bits per heavy atom. The largest absolute Gasteiger partial charge is 0.299 e. The fraction of sp³-hybridized carbons (Fsp3) is 0.308. The second kappa shape index (κ2) is 4.23. The van der Waals surface area contributed by atoms with Crippen molar-refractivity contribution in [2.45, 2.75) is 19.3 Å². The van der Waals surface area contributed by atoms with Gasteiger partial charge in [-0.3, -0.25) is 4.79 Å². The lowest BCUT2D eigenvalue weighted by atomic mass is 10.1. The average Bonchev–Trinajstić information content (AvgIpc) is 2.63. The van der Waals surface area contributed by atoms with Crippen molar-refractivity contribution in [3.8, 4) is 0 Å². The molecular formula is C13H14O. The third-order valence-corrected chi connectivity index (χ3v) is 2.67. The number of hydrogen-bond acceptors (Lipinski definition) is 1. The van der Waals surface area contributed by atoms with Crippen molar-refractivity contribution >= 4 is 11.9 Å². The van der Waals surface area contributed by atoms with Gasteiger partial charge in [0.25, 0.3) is 0 Å². The Labute approximate surface area is 84.5 Å². The molecule has 1 heteroatoms. The Hall–Kier alpha value is -1.37. The molecule has 1 nitrogen and oxygen atoms in total. The van der Waals surface area contributed by atoms with E-state index in [9.17, 15) is 4.79 Å². The summed E-state index contributed by atoms with van der Waals surface area (Å²) in [5, 5.41) is 0. The van der Waals surface area contributed by atoms with Crippen molar-refractivity contribution < 1.29 is 4.79 Å². The highest BCUT2D eigenvalue weighted by atomic mass is 16.1. The van der Waals surface area contributed by atoms with E-state index >= 15 is 0 Å². The number of allylic oxidation sites excluding steroid dienone is 1. The molecule has 1 aliphatic carbocycles. The van der Waals surface area contributed by atoms with Gasteiger partial charge in [-0.1, -0.05) is 42.5 Å². The van der Waals surface area contributed by atoms with Gasteiger partial charge in [0.2, 0.25) is 0 Å². The Morgan fingerprint density at radius 3 is 2.64 bits per heavy atom. The second-order valence-electron chi connectivity index (χ2n) is 3.73. The normalized spacial score (nSPS) is 22.0. The lowest BCUT2D eigenvalue weighted by Crippen LogP contribution is -2.01. The average molecular weight is 186 g/mol. The fourth-order valence-electron chi connectivity index (χ4n) is 1.84. The van der Waals surface area contributed by atoms with Crippen LogP contribution in [0.2, 0.25) is 0 Å². The van der Waals surface area contributed by atoms with Gasteiger partial charge >= 0.3 is 0 Å². The molecule has 14 heavy (non-hydrogen) atoms. The van der Waals surface area contributed by atoms with E-state index in [0.717, 1.165) is 19.3 Å². The molecule has 0 spiro atoms. The first-order valence-electron chi connectivity index (χ1n) is 5.12. The lowest BCUT2D eigenvalue weighted by molar-refractivity contribution is -0.119. The molecule has 1 unspecified atom stereocenters. The number of benzene rings is 1.